The van der Waals surface area contributed by atoms with Gasteiger partial charge in [0.25, 0.3) is 0 Å². The Bertz CT molecular complexity index is 826. The van der Waals surface area contributed by atoms with E-state index in [4.69, 9.17) is 4.52 Å². The number of fused-ring (bicyclic) bond motifs is 1. The van der Waals surface area contributed by atoms with Crippen molar-refractivity contribution in [3.05, 3.63) is 35.5 Å². The lowest BCUT2D eigenvalue weighted by Gasteiger charge is -2.17. The third-order valence-electron chi connectivity index (χ3n) is 4.84. The summed E-state index contributed by atoms with van der Waals surface area (Å²) in [4.78, 5) is 27.8. The van der Waals surface area contributed by atoms with Crippen LogP contribution in [-0.4, -0.2) is 22.1 Å². The highest BCUT2D eigenvalue weighted by molar-refractivity contribution is 6.00. The molecule has 0 bridgehead atoms. The normalized spacial score (nSPS) is 16.8. The van der Waals surface area contributed by atoms with Gasteiger partial charge in [-0.15, -0.1) is 0 Å². The highest BCUT2D eigenvalue weighted by Gasteiger charge is 2.21. The van der Waals surface area contributed by atoms with E-state index in [0.29, 0.717) is 23.9 Å². The number of aromatic nitrogens is 2. The molecule has 2 aromatic rings. The average molecular weight is 355 g/mol. The highest BCUT2D eigenvalue weighted by atomic mass is 16.5. The predicted molar refractivity (Wildman–Crippen MR) is 94.8 cm³/mol. The fourth-order valence-electron chi connectivity index (χ4n) is 3.50. The molecule has 8 heteroatoms. The Labute approximate surface area is 150 Å². The Hall–Kier alpha value is -2.90. The first-order chi connectivity index (χ1) is 12.7. The summed E-state index contributed by atoms with van der Waals surface area (Å²) in [5.41, 5.74) is 2.30. The number of hydrogen-bond donors (Lipinski definition) is 3. The molecule has 2 aliphatic rings. The molecule has 136 valence electrons. The fraction of sp³-hybridized carbons (Fsp3) is 0.444. The van der Waals surface area contributed by atoms with Gasteiger partial charge in [0.2, 0.25) is 11.8 Å². The average Bonchev–Trinajstić information content (AvgIpc) is 3.26. The van der Waals surface area contributed by atoms with Crippen molar-refractivity contribution in [1.29, 1.82) is 0 Å². The van der Waals surface area contributed by atoms with Crippen molar-refractivity contribution >= 4 is 23.3 Å². The lowest BCUT2D eigenvalue weighted by Crippen LogP contribution is -2.28. The van der Waals surface area contributed by atoms with Gasteiger partial charge in [-0.3, -0.25) is 4.79 Å². The number of hydrogen-bond acceptors (Lipinski definition) is 5. The van der Waals surface area contributed by atoms with Crippen LogP contribution in [0.25, 0.3) is 0 Å². The van der Waals surface area contributed by atoms with Crippen molar-refractivity contribution in [3.8, 4) is 0 Å². The van der Waals surface area contributed by atoms with Gasteiger partial charge < -0.3 is 20.5 Å². The van der Waals surface area contributed by atoms with Crippen molar-refractivity contribution < 1.29 is 14.1 Å². The summed E-state index contributed by atoms with van der Waals surface area (Å²) < 4.78 is 5.24. The van der Waals surface area contributed by atoms with Crippen LogP contribution < -0.4 is 16.0 Å². The second-order valence-corrected chi connectivity index (χ2v) is 6.79. The van der Waals surface area contributed by atoms with E-state index in [1.807, 2.05) is 0 Å². The summed E-state index contributed by atoms with van der Waals surface area (Å²) in [6, 6.07) is 4.96. The van der Waals surface area contributed by atoms with Crippen molar-refractivity contribution in [2.24, 2.45) is 0 Å². The van der Waals surface area contributed by atoms with E-state index in [1.165, 1.54) is 19.3 Å². The molecular formula is C18H21N5O3. The molecule has 1 saturated carbocycles. The van der Waals surface area contributed by atoms with Crippen LogP contribution >= 0.6 is 0 Å². The van der Waals surface area contributed by atoms with Gasteiger partial charge in [0.1, 0.15) is 0 Å². The van der Waals surface area contributed by atoms with Gasteiger partial charge in [-0.25, -0.2) is 4.79 Å². The maximum Gasteiger partial charge on any atom is 0.319 e. The largest absolute Gasteiger partial charge is 0.337 e. The zero-order chi connectivity index (χ0) is 17.9. The number of nitrogens with one attached hydrogen (secondary N) is 3. The van der Waals surface area contributed by atoms with E-state index >= 15 is 0 Å². The minimum absolute atomic E-state index is 0.0354. The number of carbonyl (C=O) groups excluding carboxylic acids is 2. The van der Waals surface area contributed by atoms with E-state index in [9.17, 15) is 9.59 Å². The number of benzene rings is 1. The first-order valence-corrected chi connectivity index (χ1v) is 8.97. The Balaban J connectivity index is 1.30. The number of anilines is 2. The Morgan fingerprint density at radius 2 is 2.12 bits per heavy atom. The highest BCUT2D eigenvalue weighted by Crippen LogP contribution is 2.30. The third-order valence-corrected chi connectivity index (χ3v) is 4.84. The van der Waals surface area contributed by atoms with Crippen LogP contribution in [0.3, 0.4) is 0 Å². The molecule has 0 atom stereocenters. The summed E-state index contributed by atoms with van der Waals surface area (Å²) in [5.74, 6) is 1.49. The molecule has 1 fully saturated rings. The van der Waals surface area contributed by atoms with E-state index < -0.39 is 0 Å². The molecular weight excluding hydrogens is 334 g/mol. The SMILES string of the molecule is O=C1Cc2cc(NC(=O)NCc3nc(C4CCCCC4)no3)ccc2N1. The summed E-state index contributed by atoms with van der Waals surface area (Å²) in [5, 5.41) is 12.3. The zero-order valence-electron chi connectivity index (χ0n) is 14.4. The molecule has 1 aromatic carbocycles. The van der Waals surface area contributed by atoms with Crippen LogP contribution in [0.4, 0.5) is 16.2 Å². The molecule has 8 nitrogen and oxygen atoms in total. The maximum absolute atomic E-state index is 12.1. The molecule has 3 N–H and O–H groups in total. The van der Waals surface area contributed by atoms with Crippen molar-refractivity contribution in [1.82, 2.24) is 15.5 Å². The summed E-state index contributed by atoms with van der Waals surface area (Å²) in [6.07, 6.45) is 6.22. The molecule has 1 aliphatic heterocycles. The van der Waals surface area contributed by atoms with Crippen LogP contribution in [0, 0.1) is 0 Å². The Kier molecular flexibility index (Phi) is 4.55. The van der Waals surface area contributed by atoms with Crippen molar-refractivity contribution in [2.45, 2.75) is 51.0 Å². The number of urea groups is 1. The molecule has 0 saturated heterocycles. The van der Waals surface area contributed by atoms with E-state index in [-0.39, 0.29) is 18.5 Å². The fourth-order valence-corrected chi connectivity index (χ4v) is 3.50. The van der Waals surface area contributed by atoms with Crippen LogP contribution in [0.1, 0.15) is 55.3 Å². The quantitative estimate of drug-likeness (QED) is 0.781. The molecule has 0 radical (unpaired) electrons. The molecule has 0 unspecified atom stereocenters. The standard InChI is InChI=1S/C18H21N5O3/c24-15-9-12-8-13(6-7-14(12)21-15)20-18(25)19-10-16-22-17(23-26-16)11-4-2-1-3-5-11/h6-8,11H,1-5,9-10H2,(H,21,24)(H2,19,20,25). The minimum Gasteiger partial charge on any atom is -0.337 e. The second-order valence-electron chi connectivity index (χ2n) is 6.79. The van der Waals surface area contributed by atoms with E-state index in [2.05, 4.69) is 26.1 Å². The number of rotatable bonds is 4. The van der Waals surface area contributed by atoms with Gasteiger partial charge in [-0.2, -0.15) is 4.98 Å². The molecule has 26 heavy (non-hydrogen) atoms. The van der Waals surface area contributed by atoms with Gasteiger partial charge in [0.05, 0.1) is 13.0 Å². The zero-order valence-corrected chi connectivity index (χ0v) is 14.4. The van der Waals surface area contributed by atoms with E-state index in [0.717, 1.165) is 29.9 Å². The van der Waals surface area contributed by atoms with Gasteiger partial charge in [0, 0.05) is 17.3 Å². The number of nitrogens with zero attached hydrogens (tertiary/aromatic N) is 2. The summed E-state index contributed by atoms with van der Waals surface area (Å²) in [6.45, 7) is 0.177. The van der Waals surface area contributed by atoms with Gasteiger partial charge in [-0.1, -0.05) is 24.4 Å². The molecule has 1 aromatic heterocycles. The number of amides is 3. The lowest BCUT2D eigenvalue weighted by molar-refractivity contribution is -0.115. The Morgan fingerprint density at radius 3 is 2.96 bits per heavy atom. The first-order valence-electron chi connectivity index (χ1n) is 8.97. The molecule has 1 aliphatic carbocycles. The summed E-state index contributed by atoms with van der Waals surface area (Å²) >= 11 is 0. The van der Waals surface area contributed by atoms with E-state index in [1.54, 1.807) is 18.2 Å². The minimum atomic E-state index is -0.361. The molecule has 2 heterocycles. The topological polar surface area (TPSA) is 109 Å². The lowest BCUT2D eigenvalue weighted by atomic mass is 9.89. The maximum atomic E-state index is 12.1. The monoisotopic (exact) mass is 355 g/mol. The predicted octanol–water partition coefficient (Wildman–Crippen LogP) is 2.93. The molecule has 3 amide bonds. The molecule has 0 spiro atoms. The van der Waals surface area contributed by atoms with Crippen LogP contribution in [0.15, 0.2) is 22.7 Å². The molecule has 4 rings (SSSR count). The second kappa shape index (κ2) is 7.15. The Morgan fingerprint density at radius 1 is 1.27 bits per heavy atom. The third kappa shape index (κ3) is 3.68. The van der Waals surface area contributed by atoms with Crippen molar-refractivity contribution in [3.63, 3.8) is 0 Å². The van der Waals surface area contributed by atoms with Crippen LogP contribution in [0.5, 0.6) is 0 Å². The van der Waals surface area contributed by atoms with Crippen LogP contribution in [-0.2, 0) is 17.8 Å². The van der Waals surface area contributed by atoms with Gasteiger partial charge in [0.15, 0.2) is 5.82 Å². The van der Waals surface area contributed by atoms with Crippen molar-refractivity contribution in [2.75, 3.05) is 10.6 Å². The summed E-state index contributed by atoms with van der Waals surface area (Å²) in [7, 11) is 0. The number of carbonyl (C=O) groups is 2. The van der Waals surface area contributed by atoms with Crippen LogP contribution in [0.2, 0.25) is 0 Å². The van der Waals surface area contributed by atoms with Gasteiger partial charge in [-0.05, 0) is 36.6 Å². The smallest absolute Gasteiger partial charge is 0.319 e. The first kappa shape index (κ1) is 16.6. The van der Waals surface area contributed by atoms with Gasteiger partial charge >= 0.3 is 6.03 Å².